The third-order valence-corrected chi connectivity index (χ3v) is 4.98. The van der Waals surface area contributed by atoms with E-state index in [9.17, 15) is 18.7 Å². The molecule has 1 aromatic rings. The summed E-state index contributed by atoms with van der Waals surface area (Å²) in [4.78, 5) is 14.2. The highest BCUT2D eigenvalue weighted by Crippen LogP contribution is 2.33. The van der Waals surface area contributed by atoms with E-state index in [0.29, 0.717) is 19.6 Å². The first kappa shape index (κ1) is 16.6. The highest BCUT2D eigenvalue weighted by Gasteiger charge is 2.40. The lowest BCUT2D eigenvalue weighted by Gasteiger charge is -2.40. The van der Waals surface area contributed by atoms with Gasteiger partial charge in [0.1, 0.15) is 11.6 Å². The molecule has 0 aromatic heterocycles. The summed E-state index contributed by atoms with van der Waals surface area (Å²) >= 11 is 5.53. The lowest BCUT2D eigenvalue weighted by atomic mass is 9.93. The fraction of sp³-hybridized carbons (Fsp3) is 0.562. The molecule has 1 saturated carbocycles. The van der Waals surface area contributed by atoms with Gasteiger partial charge in [-0.2, -0.15) is 0 Å². The Hall–Kier alpha value is -1.24. The van der Waals surface area contributed by atoms with Crippen LogP contribution in [0.1, 0.15) is 29.6 Å². The summed E-state index contributed by atoms with van der Waals surface area (Å²) in [5.74, 6) is -2.37. The van der Waals surface area contributed by atoms with Crippen LogP contribution >= 0.6 is 11.6 Å². The Morgan fingerprint density at radius 3 is 2.78 bits per heavy atom. The van der Waals surface area contributed by atoms with Crippen molar-refractivity contribution < 1.29 is 23.4 Å². The van der Waals surface area contributed by atoms with Gasteiger partial charge in [-0.1, -0.05) is 18.0 Å². The number of nitrogens with zero attached hydrogens (tertiary/aromatic N) is 1. The minimum Gasteiger partial charge on any atom is -0.393 e. The van der Waals surface area contributed by atoms with Gasteiger partial charge in [0.15, 0.2) is 0 Å². The van der Waals surface area contributed by atoms with Gasteiger partial charge in [-0.15, -0.1) is 0 Å². The molecular weight excluding hydrogens is 328 g/mol. The number of ether oxygens (including phenoxy) is 1. The second kappa shape index (κ2) is 6.71. The molecule has 0 unspecified atom stereocenters. The lowest BCUT2D eigenvalue weighted by Crippen LogP contribution is -2.53. The van der Waals surface area contributed by atoms with E-state index in [1.54, 1.807) is 0 Å². The van der Waals surface area contributed by atoms with Gasteiger partial charge in [0.2, 0.25) is 0 Å². The number of hydrogen-bond acceptors (Lipinski definition) is 3. The molecule has 1 aliphatic heterocycles. The molecule has 7 heteroatoms. The van der Waals surface area contributed by atoms with Crippen molar-refractivity contribution in [3.8, 4) is 0 Å². The van der Waals surface area contributed by atoms with Gasteiger partial charge in [-0.25, -0.2) is 8.78 Å². The number of rotatable bonds is 2. The molecule has 0 radical (unpaired) electrons. The maximum absolute atomic E-state index is 14.0. The van der Waals surface area contributed by atoms with E-state index in [1.165, 1.54) is 4.90 Å². The number of aliphatic hydroxyl groups excluding tert-OH is 1. The minimum atomic E-state index is -0.849. The van der Waals surface area contributed by atoms with Crippen LogP contribution in [0.2, 0.25) is 5.02 Å². The number of carbonyl (C=O) groups excluding carboxylic acids is 1. The van der Waals surface area contributed by atoms with Crippen LogP contribution < -0.4 is 0 Å². The number of aliphatic hydroxyl groups is 1. The van der Waals surface area contributed by atoms with Crippen molar-refractivity contribution in [2.45, 2.75) is 31.4 Å². The summed E-state index contributed by atoms with van der Waals surface area (Å²) < 4.78 is 33.1. The Labute approximate surface area is 138 Å². The molecule has 0 bridgehead atoms. The molecule has 1 aliphatic carbocycles. The molecule has 2 aliphatic rings. The van der Waals surface area contributed by atoms with Gasteiger partial charge in [0, 0.05) is 12.5 Å². The summed E-state index contributed by atoms with van der Waals surface area (Å²) in [6.07, 6.45) is 1.86. The molecule has 126 valence electrons. The molecule has 0 spiro atoms. The Balaban J connectivity index is 1.88. The highest BCUT2D eigenvalue weighted by atomic mass is 35.5. The maximum atomic E-state index is 14.0. The number of carbonyl (C=O) groups is 1. The first-order valence-corrected chi connectivity index (χ1v) is 8.08. The second-order valence-electron chi connectivity index (χ2n) is 6.05. The lowest BCUT2D eigenvalue weighted by molar-refractivity contribution is -0.0385. The third kappa shape index (κ3) is 3.20. The summed E-state index contributed by atoms with van der Waals surface area (Å²) in [6, 6.07) is 1.31. The third-order valence-electron chi connectivity index (χ3n) is 4.69. The molecule has 23 heavy (non-hydrogen) atoms. The van der Waals surface area contributed by atoms with Crippen LogP contribution in [0.4, 0.5) is 8.78 Å². The Kier molecular flexibility index (Phi) is 4.85. The maximum Gasteiger partial charge on any atom is 0.257 e. The van der Waals surface area contributed by atoms with Crippen molar-refractivity contribution >= 4 is 17.5 Å². The average Bonchev–Trinajstić information content (AvgIpc) is 2.96. The van der Waals surface area contributed by atoms with Gasteiger partial charge in [0.25, 0.3) is 5.91 Å². The quantitative estimate of drug-likeness (QED) is 0.838. The van der Waals surface area contributed by atoms with Gasteiger partial charge in [-0.05, 0) is 25.0 Å². The molecule has 3 atom stereocenters. The predicted octanol–water partition coefficient (Wildman–Crippen LogP) is 2.62. The zero-order chi connectivity index (χ0) is 16.6. The Morgan fingerprint density at radius 1 is 1.30 bits per heavy atom. The van der Waals surface area contributed by atoms with Crippen LogP contribution in [0.5, 0.6) is 0 Å². The largest absolute Gasteiger partial charge is 0.393 e. The summed E-state index contributed by atoms with van der Waals surface area (Å²) in [5.41, 5.74) is -0.341. The van der Waals surface area contributed by atoms with Crippen LogP contribution in [0.25, 0.3) is 0 Å². The number of halogens is 3. The fourth-order valence-electron chi connectivity index (χ4n) is 3.49. The highest BCUT2D eigenvalue weighted by molar-refractivity contribution is 6.30. The SMILES string of the molecule is O=C(c1cc(F)c(Cl)cc1F)N1CCOC[C@@H]1[C@H]1CCC[C@@H]1O. The monoisotopic (exact) mass is 345 g/mol. The molecule has 4 nitrogen and oxygen atoms in total. The van der Waals surface area contributed by atoms with Crippen LogP contribution in [0.3, 0.4) is 0 Å². The van der Waals surface area contributed by atoms with Crippen LogP contribution in [0, 0.1) is 17.6 Å². The molecule has 2 fully saturated rings. The van der Waals surface area contributed by atoms with Gasteiger partial charge in [-0.3, -0.25) is 4.79 Å². The smallest absolute Gasteiger partial charge is 0.257 e. The number of hydrogen-bond donors (Lipinski definition) is 1. The topological polar surface area (TPSA) is 49.8 Å². The average molecular weight is 346 g/mol. The van der Waals surface area contributed by atoms with Gasteiger partial charge >= 0.3 is 0 Å². The van der Waals surface area contributed by atoms with Crippen LogP contribution in [-0.2, 0) is 4.74 Å². The van der Waals surface area contributed by atoms with Crippen molar-refractivity contribution in [2.24, 2.45) is 5.92 Å². The minimum absolute atomic E-state index is 0.0977. The number of morpholine rings is 1. The van der Waals surface area contributed by atoms with E-state index in [-0.39, 0.29) is 29.1 Å². The van der Waals surface area contributed by atoms with Crippen molar-refractivity contribution in [3.05, 3.63) is 34.4 Å². The molecule has 1 amide bonds. The van der Waals surface area contributed by atoms with E-state index in [0.717, 1.165) is 25.0 Å². The van der Waals surface area contributed by atoms with E-state index >= 15 is 0 Å². The molecule has 1 saturated heterocycles. The number of amides is 1. The van der Waals surface area contributed by atoms with Crippen molar-refractivity contribution in [1.29, 1.82) is 0 Å². The standard InChI is InChI=1S/C16H18ClF2NO3/c17-11-7-12(18)10(6-13(11)19)16(22)20-4-5-23-8-14(20)9-2-1-3-15(9)21/h6-7,9,14-15,21H,1-5,8H2/t9-,14-,15+/m1/s1. The Morgan fingerprint density at radius 2 is 2.09 bits per heavy atom. The summed E-state index contributed by atoms with van der Waals surface area (Å²) in [6.45, 7) is 0.921. The van der Waals surface area contributed by atoms with Crippen LogP contribution in [0.15, 0.2) is 12.1 Å². The van der Waals surface area contributed by atoms with Gasteiger partial charge < -0.3 is 14.7 Å². The van der Waals surface area contributed by atoms with Gasteiger partial charge in [0.05, 0.1) is 35.9 Å². The van der Waals surface area contributed by atoms with E-state index in [4.69, 9.17) is 16.3 Å². The molecule has 3 rings (SSSR count). The zero-order valence-electron chi connectivity index (χ0n) is 12.5. The molecule has 1 heterocycles. The zero-order valence-corrected chi connectivity index (χ0v) is 13.2. The molecule has 1 N–H and O–H groups in total. The summed E-state index contributed by atoms with van der Waals surface area (Å²) in [5, 5.41) is 9.74. The Bertz CT molecular complexity index is 613. The van der Waals surface area contributed by atoms with E-state index in [2.05, 4.69) is 0 Å². The first-order chi connectivity index (χ1) is 11.0. The fourth-order valence-corrected chi connectivity index (χ4v) is 3.64. The normalized spacial score (nSPS) is 28.2. The first-order valence-electron chi connectivity index (χ1n) is 7.70. The van der Waals surface area contributed by atoms with Crippen LogP contribution in [-0.4, -0.2) is 47.8 Å². The summed E-state index contributed by atoms with van der Waals surface area (Å²) in [7, 11) is 0. The predicted molar refractivity (Wildman–Crippen MR) is 80.4 cm³/mol. The van der Waals surface area contributed by atoms with E-state index < -0.39 is 23.6 Å². The van der Waals surface area contributed by atoms with Crippen molar-refractivity contribution in [3.63, 3.8) is 0 Å². The van der Waals surface area contributed by atoms with E-state index in [1.807, 2.05) is 0 Å². The molecular formula is C16H18ClF2NO3. The number of benzene rings is 1. The van der Waals surface area contributed by atoms with Crippen molar-refractivity contribution in [1.82, 2.24) is 4.90 Å². The van der Waals surface area contributed by atoms with Crippen molar-refractivity contribution in [2.75, 3.05) is 19.8 Å². The molecule has 1 aromatic carbocycles. The second-order valence-corrected chi connectivity index (χ2v) is 6.46.